The van der Waals surface area contributed by atoms with Crippen LogP contribution in [0.3, 0.4) is 0 Å². The number of fused-ring (bicyclic) bond motifs is 1. The van der Waals surface area contributed by atoms with Crippen molar-refractivity contribution in [2.45, 2.75) is 32.4 Å². The van der Waals surface area contributed by atoms with Gasteiger partial charge in [0.2, 0.25) is 0 Å². The van der Waals surface area contributed by atoms with Gasteiger partial charge in [0, 0.05) is 63.1 Å². The van der Waals surface area contributed by atoms with Crippen LogP contribution < -0.4 is 15.0 Å². The largest absolute Gasteiger partial charge is 0.497 e. The summed E-state index contributed by atoms with van der Waals surface area (Å²) in [5.41, 5.74) is 6.03. The van der Waals surface area contributed by atoms with Crippen molar-refractivity contribution in [3.05, 3.63) is 65.3 Å². The third-order valence-electron chi connectivity index (χ3n) is 8.29. The number of likely N-dealkylation sites (tertiary alicyclic amines) is 1. The first kappa shape index (κ1) is 26.9. The summed E-state index contributed by atoms with van der Waals surface area (Å²) >= 11 is 6.66. The third kappa shape index (κ3) is 5.89. The molecule has 2 saturated heterocycles. The maximum Gasteiger partial charge on any atom is 0.159 e. The molecule has 2 aromatic carbocycles. The van der Waals surface area contributed by atoms with Crippen LogP contribution in [0, 0.1) is 0 Å². The number of aromatic amines is 1. The highest BCUT2D eigenvalue weighted by Crippen LogP contribution is 2.33. The van der Waals surface area contributed by atoms with Gasteiger partial charge in [0.1, 0.15) is 17.1 Å². The molecule has 2 N–H and O–H groups in total. The number of hydrogen-bond acceptors (Lipinski definition) is 7. The molecule has 2 aliphatic heterocycles. The van der Waals surface area contributed by atoms with E-state index in [1.807, 2.05) is 12.1 Å². The molecule has 0 atom stereocenters. The van der Waals surface area contributed by atoms with Crippen molar-refractivity contribution in [2.24, 2.45) is 0 Å². The number of H-pyrrole nitrogens is 1. The van der Waals surface area contributed by atoms with Gasteiger partial charge in [0.05, 0.1) is 24.0 Å². The molecule has 0 spiro atoms. The zero-order valence-corrected chi connectivity index (χ0v) is 24.1. The topological polar surface area (TPSA) is 72.6 Å². The van der Waals surface area contributed by atoms with E-state index in [0.29, 0.717) is 11.1 Å². The molecule has 40 heavy (non-hydrogen) atoms. The summed E-state index contributed by atoms with van der Waals surface area (Å²) in [6.07, 6.45) is 3.80. The number of imidazole rings is 1. The summed E-state index contributed by atoms with van der Waals surface area (Å²) in [4.78, 5) is 20.4. The summed E-state index contributed by atoms with van der Waals surface area (Å²) in [5, 5.41) is 4.31. The highest BCUT2D eigenvalue weighted by Gasteiger charge is 2.22. The zero-order chi connectivity index (χ0) is 27.5. The summed E-state index contributed by atoms with van der Waals surface area (Å²) in [6.45, 7) is 10.7. The fourth-order valence-electron chi connectivity index (χ4n) is 5.79. The van der Waals surface area contributed by atoms with Crippen LogP contribution in [0.2, 0.25) is 5.02 Å². The Kier molecular flexibility index (Phi) is 8.09. The number of piperazine rings is 1. The van der Waals surface area contributed by atoms with E-state index in [1.165, 1.54) is 11.3 Å². The van der Waals surface area contributed by atoms with Crippen molar-refractivity contribution in [3.8, 4) is 17.1 Å². The first-order valence-electron chi connectivity index (χ1n) is 14.3. The number of pyridine rings is 1. The normalized spacial score (nSPS) is 17.4. The van der Waals surface area contributed by atoms with E-state index in [0.717, 1.165) is 99.2 Å². The predicted octanol–water partition coefficient (Wildman–Crippen LogP) is 5.51. The highest BCUT2D eigenvalue weighted by atomic mass is 35.5. The number of nitrogens with zero attached hydrogens (tertiary/aromatic N) is 5. The molecule has 2 aliphatic rings. The molecular formula is C31H38ClN7O. The Labute approximate surface area is 241 Å². The summed E-state index contributed by atoms with van der Waals surface area (Å²) in [7, 11) is 1.70. The molecule has 0 bridgehead atoms. The fraction of sp³-hybridized carbons (Fsp3) is 0.419. The van der Waals surface area contributed by atoms with Crippen molar-refractivity contribution in [1.82, 2.24) is 24.8 Å². The number of aromatic nitrogens is 3. The number of methoxy groups -OCH3 is 1. The van der Waals surface area contributed by atoms with Gasteiger partial charge in [-0.3, -0.25) is 4.90 Å². The van der Waals surface area contributed by atoms with Crippen LogP contribution in [-0.2, 0) is 6.54 Å². The first-order valence-corrected chi connectivity index (χ1v) is 14.7. The number of likely N-dealkylation sites (N-methyl/N-ethyl adjacent to an activating group) is 1. The third-order valence-corrected chi connectivity index (χ3v) is 8.58. The molecule has 0 unspecified atom stereocenters. The second-order valence-electron chi connectivity index (χ2n) is 10.8. The monoisotopic (exact) mass is 559 g/mol. The average Bonchev–Trinajstić information content (AvgIpc) is 3.45. The van der Waals surface area contributed by atoms with Crippen LogP contribution in [0.15, 0.2) is 54.7 Å². The van der Waals surface area contributed by atoms with E-state index in [9.17, 15) is 0 Å². The molecule has 0 amide bonds. The van der Waals surface area contributed by atoms with Crippen molar-refractivity contribution in [2.75, 3.05) is 63.1 Å². The van der Waals surface area contributed by atoms with Gasteiger partial charge in [0.15, 0.2) is 5.65 Å². The Morgan fingerprint density at radius 3 is 2.35 bits per heavy atom. The Morgan fingerprint density at radius 1 is 0.950 bits per heavy atom. The van der Waals surface area contributed by atoms with Gasteiger partial charge >= 0.3 is 0 Å². The molecule has 0 saturated carbocycles. The average molecular weight is 560 g/mol. The Morgan fingerprint density at radius 2 is 1.68 bits per heavy atom. The van der Waals surface area contributed by atoms with Gasteiger partial charge in [-0.05, 0) is 61.3 Å². The van der Waals surface area contributed by atoms with Crippen LogP contribution in [0.1, 0.15) is 25.3 Å². The lowest BCUT2D eigenvalue weighted by Gasteiger charge is -2.35. The molecule has 2 fully saturated rings. The SMILES string of the molecule is CCN1CCN(c2ccc(-c3nc4c(NC5CCN(Cc6ccc(OC)cc6)CC5)c(Cl)cnc4[nH]3)cc2)CC1. The van der Waals surface area contributed by atoms with Gasteiger partial charge < -0.3 is 24.8 Å². The maximum atomic E-state index is 6.66. The van der Waals surface area contributed by atoms with Gasteiger partial charge in [0.25, 0.3) is 0 Å². The van der Waals surface area contributed by atoms with Gasteiger partial charge in [-0.2, -0.15) is 0 Å². The van der Waals surface area contributed by atoms with Crippen LogP contribution in [0.25, 0.3) is 22.6 Å². The molecule has 6 rings (SSSR count). The minimum absolute atomic E-state index is 0.336. The van der Waals surface area contributed by atoms with E-state index < -0.39 is 0 Å². The molecule has 9 heteroatoms. The van der Waals surface area contributed by atoms with Gasteiger partial charge in [-0.15, -0.1) is 0 Å². The molecule has 0 aliphatic carbocycles. The quantitative estimate of drug-likeness (QED) is 0.295. The van der Waals surface area contributed by atoms with Crippen LogP contribution >= 0.6 is 11.6 Å². The minimum atomic E-state index is 0.336. The standard InChI is InChI=1S/C31H38ClN7O/c1-3-37-16-18-39(19-17-37)25-8-6-23(7-9-25)30-35-29-28(27(32)20-33-31(29)36-30)34-24-12-14-38(15-13-24)21-22-4-10-26(40-2)11-5-22/h4-11,20,24H,3,12-19,21H2,1-2H3,(H2,33,34,35,36). The molecule has 2 aromatic heterocycles. The number of halogens is 1. The number of nitrogens with one attached hydrogen (secondary N) is 2. The molecule has 0 radical (unpaired) electrons. The Hall–Kier alpha value is -3.33. The zero-order valence-electron chi connectivity index (χ0n) is 23.4. The van der Waals surface area contributed by atoms with Gasteiger partial charge in [-0.1, -0.05) is 30.7 Å². The number of anilines is 2. The van der Waals surface area contributed by atoms with Gasteiger partial charge in [-0.25, -0.2) is 9.97 Å². The van der Waals surface area contributed by atoms with Crippen LogP contribution in [0.4, 0.5) is 11.4 Å². The fourth-order valence-corrected chi connectivity index (χ4v) is 5.98. The maximum absolute atomic E-state index is 6.66. The second kappa shape index (κ2) is 12.0. The van der Waals surface area contributed by atoms with E-state index in [4.69, 9.17) is 21.3 Å². The number of rotatable bonds is 8. The van der Waals surface area contributed by atoms with Crippen LogP contribution in [0.5, 0.6) is 5.75 Å². The molecule has 8 nitrogen and oxygen atoms in total. The summed E-state index contributed by atoms with van der Waals surface area (Å²) in [6, 6.07) is 17.4. The smallest absolute Gasteiger partial charge is 0.159 e. The summed E-state index contributed by atoms with van der Waals surface area (Å²) in [5.74, 6) is 1.70. The Balaban J connectivity index is 1.11. The van der Waals surface area contributed by atoms with Crippen LogP contribution in [-0.4, -0.2) is 83.7 Å². The second-order valence-corrected chi connectivity index (χ2v) is 11.2. The predicted molar refractivity (Wildman–Crippen MR) is 164 cm³/mol. The lowest BCUT2D eigenvalue weighted by atomic mass is 10.0. The summed E-state index contributed by atoms with van der Waals surface area (Å²) < 4.78 is 5.28. The van der Waals surface area contributed by atoms with Crippen molar-refractivity contribution >= 4 is 34.1 Å². The lowest BCUT2D eigenvalue weighted by Crippen LogP contribution is -2.46. The first-order chi connectivity index (χ1) is 19.6. The lowest BCUT2D eigenvalue weighted by molar-refractivity contribution is 0.211. The number of piperidine rings is 1. The van der Waals surface area contributed by atoms with E-state index in [1.54, 1.807) is 13.3 Å². The minimum Gasteiger partial charge on any atom is -0.497 e. The number of benzene rings is 2. The highest BCUT2D eigenvalue weighted by molar-refractivity contribution is 6.34. The Bertz CT molecular complexity index is 1410. The molecule has 4 aromatic rings. The van der Waals surface area contributed by atoms with Crippen molar-refractivity contribution in [1.29, 1.82) is 0 Å². The van der Waals surface area contributed by atoms with E-state index in [2.05, 4.69) is 73.3 Å². The van der Waals surface area contributed by atoms with Crippen molar-refractivity contribution in [3.63, 3.8) is 0 Å². The number of hydrogen-bond donors (Lipinski definition) is 2. The molecule has 4 heterocycles. The molecule has 210 valence electrons. The van der Waals surface area contributed by atoms with E-state index >= 15 is 0 Å². The number of ether oxygens (including phenoxy) is 1. The molecular weight excluding hydrogens is 522 g/mol. The van der Waals surface area contributed by atoms with Crippen molar-refractivity contribution < 1.29 is 4.74 Å². The van der Waals surface area contributed by atoms with E-state index in [-0.39, 0.29) is 0 Å².